The molecule has 0 radical (unpaired) electrons. The molecule has 1 unspecified atom stereocenters. The summed E-state index contributed by atoms with van der Waals surface area (Å²) in [6.45, 7) is 1.34. The summed E-state index contributed by atoms with van der Waals surface area (Å²) in [4.78, 5) is -1.06. The van der Waals surface area contributed by atoms with Gasteiger partial charge < -0.3 is 5.73 Å². The predicted octanol–water partition coefficient (Wildman–Crippen LogP) is 1.33. The van der Waals surface area contributed by atoms with E-state index in [9.17, 15) is 17.2 Å². The smallest absolute Gasteiger partial charge is 0.248 e. The minimum Gasteiger partial charge on any atom is -0.399 e. The zero-order valence-corrected chi connectivity index (χ0v) is 11.2. The molecular weight excluding hydrogens is 276 g/mol. The number of sulfonamides is 1. The van der Waals surface area contributed by atoms with Crippen molar-refractivity contribution in [1.82, 2.24) is 4.31 Å². The second kappa shape index (κ2) is 5.50. The van der Waals surface area contributed by atoms with Gasteiger partial charge in [0, 0.05) is 19.3 Å². The van der Waals surface area contributed by atoms with E-state index < -0.39 is 32.5 Å². The lowest BCUT2D eigenvalue weighted by Crippen LogP contribution is -2.32. The lowest BCUT2D eigenvalue weighted by Gasteiger charge is -2.19. The fourth-order valence-corrected chi connectivity index (χ4v) is 2.85. The van der Waals surface area contributed by atoms with Gasteiger partial charge in [-0.1, -0.05) is 0 Å². The van der Waals surface area contributed by atoms with Crippen molar-refractivity contribution in [3.63, 3.8) is 0 Å². The molecule has 0 saturated heterocycles. The van der Waals surface area contributed by atoms with E-state index >= 15 is 0 Å². The van der Waals surface area contributed by atoms with Crippen LogP contribution in [0.1, 0.15) is 6.92 Å². The number of hydrogen-bond acceptors (Lipinski definition) is 4. The van der Waals surface area contributed by atoms with Gasteiger partial charge in [0.05, 0.1) is 12.0 Å². The van der Waals surface area contributed by atoms with Gasteiger partial charge in [0.2, 0.25) is 10.0 Å². The molecule has 0 aliphatic heterocycles. The monoisotopic (exact) mass is 289 g/mol. The number of nitriles is 1. The van der Waals surface area contributed by atoms with Crippen LogP contribution in [0.2, 0.25) is 0 Å². The van der Waals surface area contributed by atoms with Crippen LogP contribution in [0.25, 0.3) is 0 Å². The van der Waals surface area contributed by atoms with E-state index in [1.165, 1.54) is 6.92 Å². The first-order valence-electron chi connectivity index (χ1n) is 5.30. The first-order chi connectivity index (χ1) is 8.70. The summed E-state index contributed by atoms with van der Waals surface area (Å²) in [5.41, 5.74) is 5.01. The molecule has 19 heavy (non-hydrogen) atoms. The van der Waals surface area contributed by atoms with Gasteiger partial charge in [0.15, 0.2) is 4.90 Å². The molecule has 0 aliphatic carbocycles. The molecule has 0 aliphatic rings. The number of rotatable bonds is 4. The van der Waals surface area contributed by atoms with Crippen molar-refractivity contribution in [3.8, 4) is 6.07 Å². The molecule has 0 fully saturated rings. The third kappa shape index (κ3) is 3.19. The normalized spacial score (nSPS) is 13.3. The molecule has 0 bridgehead atoms. The van der Waals surface area contributed by atoms with Gasteiger partial charge in [-0.25, -0.2) is 17.2 Å². The van der Waals surface area contributed by atoms with Crippen LogP contribution in [0.4, 0.5) is 14.5 Å². The van der Waals surface area contributed by atoms with E-state index in [4.69, 9.17) is 11.0 Å². The van der Waals surface area contributed by atoms with E-state index in [0.717, 1.165) is 23.5 Å². The number of halogens is 2. The van der Waals surface area contributed by atoms with E-state index in [2.05, 4.69) is 0 Å². The molecule has 0 aromatic heterocycles. The molecule has 8 heteroatoms. The van der Waals surface area contributed by atoms with Gasteiger partial charge in [0.1, 0.15) is 11.6 Å². The number of nitrogens with zero attached hydrogens (tertiary/aromatic N) is 2. The molecular formula is C11H13F2N3O2S. The summed E-state index contributed by atoms with van der Waals surface area (Å²) in [6.07, 6.45) is 0. The Morgan fingerprint density at radius 2 is 1.89 bits per heavy atom. The van der Waals surface area contributed by atoms with Gasteiger partial charge in [-0.3, -0.25) is 0 Å². The quantitative estimate of drug-likeness (QED) is 0.847. The highest BCUT2D eigenvalue weighted by molar-refractivity contribution is 7.89. The van der Waals surface area contributed by atoms with Gasteiger partial charge in [-0.15, -0.1) is 0 Å². The molecule has 0 spiro atoms. The Labute approximate surface area is 110 Å². The molecule has 1 aromatic carbocycles. The standard InChI is InChI=1S/C11H13F2N3O2S/c1-7(5-14)6-16(2)19(17,18)11-9(12)3-8(15)4-10(11)13/h3-4,7H,6,15H2,1-2H3. The maximum absolute atomic E-state index is 13.6. The summed E-state index contributed by atoms with van der Waals surface area (Å²) in [5.74, 6) is -3.11. The Morgan fingerprint density at radius 1 is 1.42 bits per heavy atom. The van der Waals surface area contributed by atoms with Crippen LogP contribution in [0, 0.1) is 28.9 Å². The zero-order chi connectivity index (χ0) is 14.8. The van der Waals surface area contributed by atoms with Crippen molar-refractivity contribution in [2.24, 2.45) is 5.92 Å². The van der Waals surface area contributed by atoms with E-state index in [1.807, 2.05) is 6.07 Å². The van der Waals surface area contributed by atoms with Crippen molar-refractivity contribution < 1.29 is 17.2 Å². The minimum absolute atomic E-state index is 0.165. The first-order valence-corrected chi connectivity index (χ1v) is 6.74. The SMILES string of the molecule is CC(C#N)CN(C)S(=O)(=O)c1c(F)cc(N)cc1F. The Balaban J connectivity index is 3.25. The van der Waals surface area contributed by atoms with Gasteiger partial charge in [-0.05, 0) is 19.1 Å². The van der Waals surface area contributed by atoms with E-state index in [0.29, 0.717) is 0 Å². The molecule has 2 N–H and O–H groups in total. The average molecular weight is 289 g/mol. The highest BCUT2D eigenvalue weighted by Crippen LogP contribution is 2.24. The van der Waals surface area contributed by atoms with Crippen LogP contribution in [0.15, 0.2) is 17.0 Å². The molecule has 0 heterocycles. The molecule has 5 nitrogen and oxygen atoms in total. The molecule has 104 valence electrons. The van der Waals surface area contributed by atoms with E-state index in [-0.39, 0.29) is 12.2 Å². The Hall–Kier alpha value is -1.72. The summed E-state index contributed by atoms with van der Waals surface area (Å²) >= 11 is 0. The first kappa shape index (κ1) is 15.3. The Bertz CT molecular complexity index is 602. The number of benzene rings is 1. The summed E-state index contributed by atoms with van der Waals surface area (Å²) in [5, 5.41) is 8.63. The lowest BCUT2D eigenvalue weighted by molar-refractivity contribution is 0.427. The third-order valence-electron chi connectivity index (χ3n) is 2.44. The highest BCUT2D eigenvalue weighted by Gasteiger charge is 2.29. The van der Waals surface area contributed by atoms with Crippen molar-refractivity contribution in [2.75, 3.05) is 19.3 Å². The number of anilines is 1. The fourth-order valence-electron chi connectivity index (χ4n) is 1.51. The van der Waals surface area contributed by atoms with Gasteiger partial charge >= 0.3 is 0 Å². The predicted molar refractivity (Wildman–Crippen MR) is 65.4 cm³/mol. The largest absolute Gasteiger partial charge is 0.399 e. The van der Waals surface area contributed by atoms with Crippen molar-refractivity contribution in [3.05, 3.63) is 23.8 Å². The van der Waals surface area contributed by atoms with Crippen molar-refractivity contribution in [2.45, 2.75) is 11.8 Å². The number of hydrogen-bond donors (Lipinski definition) is 1. The van der Waals surface area contributed by atoms with Crippen LogP contribution < -0.4 is 5.73 Å². The second-order valence-corrected chi connectivity index (χ2v) is 6.11. The summed E-state index contributed by atoms with van der Waals surface area (Å²) < 4.78 is 52.0. The van der Waals surface area contributed by atoms with Crippen molar-refractivity contribution >= 4 is 15.7 Å². The minimum atomic E-state index is -4.35. The summed E-state index contributed by atoms with van der Waals surface area (Å²) in [7, 11) is -3.19. The maximum Gasteiger partial charge on any atom is 0.248 e. The van der Waals surface area contributed by atoms with Crippen molar-refractivity contribution in [1.29, 1.82) is 5.26 Å². The molecule has 1 atom stereocenters. The molecule has 1 aromatic rings. The number of nitrogen functional groups attached to an aromatic ring is 1. The second-order valence-electron chi connectivity index (χ2n) is 4.13. The van der Waals surface area contributed by atoms with Crippen LogP contribution in [0.3, 0.4) is 0 Å². The third-order valence-corrected chi connectivity index (χ3v) is 4.32. The maximum atomic E-state index is 13.6. The number of nitrogens with two attached hydrogens (primary N) is 1. The van der Waals surface area contributed by atoms with Crippen LogP contribution in [0.5, 0.6) is 0 Å². The van der Waals surface area contributed by atoms with Crippen LogP contribution in [-0.2, 0) is 10.0 Å². The van der Waals surface area contributed by atoms with Gasteiger partial charge in [-0.2, -0.15) is 9.57 Å². The van der Waals surface area contributed by atoms with Crippen LogP contribution in [-0.4, -0.2) is 26.3 Å². The topological polar surface area (TPSA) is 87.2 Å². The lowest BCUT2D eigenvalue weighted by atomic mass is 10.2. The summed E-state index contributed by atoms with van der Waals surface area (Å²) in [6, 6.07) is 3.31. The Morgan fingerprint density at radius 3 is 2.32 bits per heavy atom. The van der Waals surface area contributed by atoms with E-state index in [1.54, 1.807) is 0 Å². The van der Waals surface area contributed by atoms with Gasteiger partial charge in [0.25, 0.3) is 0 Å². The molecule has 0 amide bonds. The zero-order valence-electron chi connectivity index (χ0n) is 10.4. The average Bonchev–Trinajstić information content (AvgIpc) is 2.26. The van der Waals surface area contributed by atoms with Crippen LogP contribution >= 0.6 is 0 Å². The fraction of sp³-hybridized carbons (Fsp3) is 0.364. The molecule has 0 saturated carbocycles. The highest BCUT2D eigenvalue weighted by atomic mass is 32.2. The Kier molecular flexibility index (Phi) is 4.44. The molecule has 1 rings (SSSR count).